The lowest BCUT2D eigenvalue weighted by molar-refractivity contribution is 0.202. The molecule has 3 heteroatoms. The summed E-state index contributed by atoms with van der Waals surface area (Å²) in [6.45, 7) is 11.8. The van der Waals surface area contributed by atoms with E-state index in [1.165, 1.54) is 44.8 Å². The minimum atomic E-state index is 0.732. The molecule has 0 saturated carbocycles. The molecule has 0 unspecified atom stereocenters. The van der Waals surface area contributed by atoms with Crippen LogP contribution in [-0.2, 0) is 0 Å². The quantitative estimate of drug-likeness (QED) is 0.818. The van der Waals surface area contributed by atoms with Crippen LogP contribution >= 0.6 is 0 Å². The molecule has 108 valence electrons. The zero-order valence-corrected chi connectivity index (χ0v) is 12.7. The molecule has 3 nitrogen and oxygen atoms in total. The Morgan fingerprint density at radius 3 is 2.80 bits per heavy atom. The van der Waals surface area contributed by atoms with Gasteiger partial charge in [0.05, 0.1) is 11.4 Å². The fourth-order valence-electron chi connectivity index (χ4n) is 4.51. The number of piperidine rings is 1. The van der Waals surface area contributed by atoms with Crippen LogP contribution in [0.5, 0.6) is 0 Å². The highest BCUT2D eigenvalue weighted by molar-refractivity contribution is 5.81. The summed E-state index contributed by atoms with van der Waals surface area (Å²) in [6.07, 6.45) is 1.33. The van der Waals surface area contributed by atoms with Crippen molar-refractivity contribution in [2.45, 2.75) is 32.2 Å². The largest absolute Gasteiger partial charge is 0.368 e. The van der Waals surface area contributed by atoms with Gasteiger partial charge in [-0.25, -0.2) is 0 Å². The molecule has 0 radical (unpaired) electrons. The van der Waals surface area contributed by atoms with Gasteiger partial charge in [-0.3, -0.25) is 0 Å². The van der Waals surface area contributed by atoms with Crippen LogP contribution < -0.4 is 9.80 Å². The average molecular weight is 271 g/mol. The van der Waals surface area contributed by atoms with Gasteiger partial charge in [0.25, 0.3) is 0 Å². The van der Waals surface area contributed by atoms with E-state index in [1.54, 1.807) is 11.3 Å². The van der Waals surface area contributed by atoms with Crippen molar-refractivity contribution in [1.82, 2.24) is 4.90 Å². The lowest BCUT2D eigenvalue weighted by atomic mass is 9.89. The standard InChI is InChI=1S/C17H25N3/c1-3-18-9-8-15-14(12-18)13-6-5-7-16-17(13)20(15)11-10-19(16)4-2/h5-7,14-15H,3-4,8-12H2,1-2H3/t14-,15-/m0/s1. The summed E-state index contributed by atoms with van der Waals surface area (Å²) >= 11 is 0. The van der Waals surface area contributed by atoms with Gasteiger partial charge >= 0.3 is 0 Å². The average Bonchev–Trinajstić information content (AvgIpc) is 2.83. The van der Waals surface area contributed by atoms with Crippen LogP contribution in [-0.4, -0.2) is 50.2 Å². The number of benzene rings is 1. The van der Waals surface area contributed by atoms with Gasteiger partial charge in [0, 0.05) is 44.7 Å². The van der Waals surface area contributed by atoms with Crippen LogP contribution in [0.1, 0.15) is 31.7 Å². The highest BCUT2D eigenvalue weighted by atomic mass is 15.3. The molecular weight excluding hydrogens is 246 g/mol. The third-order valence-electron chi connectivity index (χ3n) is 5.57. The topological polar surface area (TPSA) is 9.72 Å². The van der Waals surface area contributed by atoms with Crippen LogP contribution in [0, 0.1) is 0 Å². The van der Waals surface area contributed by atoms with E-state index in [0.29, 0.717) is 0 Å². The van der Waals surface area contributed by atoms with Gasteiger partial charge in [0.1, 0.15) is 0 Å². The van der Waals surface area contributed by atoms with E-state index < -0.39 is 0 Å². The summed E-state index contributed by atoms with van der Waals surface area (Å²) in [5, 5.41) is 0. The summed E-state index contributed by atoms with van der Waals surface area (Å²) in [6, 6.07) is 7.74. The Kier molecular flexibility index (Phi) is 2.92. The van der Waals surface area contributed by atoms with Gasteiger partial charge in [-0.05, 0) is 31.5 Å². The number of nitrogens with zero attached hydrogens (tertiary/aromatic N) is 3. The minimum Gasteiger partial charge on any atom is -0.368 e. The molecule has 3 aliphatic heterocycles. The van der Waals surface area contributed by atoms with Gasteiger partial charge in [-0.1, -0.05) is 19.1 Å². The summed E-state index contributed by atoms with van der Waals surface area (Å²) < 4.78 is 0. The minimum absolute atomic E-state index is 0.732. The van der Waals surface area contributed by atoms with E-state index in [1.807, 2.05) is 0 Å². The second kappa shape index (κ2) is 4.66. The number of fused-ring (bicyclic) bond motifs is 3. The summed E-state index contributed by atoms with van der Waals surface area (Å²) in [5.74, 6) is 0.732. The van der Waals surface area contributed by atoms with Gasteiger partial charge in [-0.2, -0.15) is 0 Å². The number of para-hydroxylation sites is 1. The zero-order valence-electron chi connectivity index (χ0n) is 12.7. The van der Waals surface area contributed by atoms with E-state index in [-0.39, 0.29) is 0 Å². The molecule has 0 bridgehead atoms. The Morgan fingerprint density at radius 1 is 1.10 bits per heavy atom. The predicted octanol–water partition coefficient (Wildman–Crippen LogP) is 2.52. The smallest absolute Gasteiger partial charge is 0.0644 e. The third-order valence-corrected chi connectivity index (χ3v) is 5.57. The van der Waals surface area contributed by atoms with Crippen molar-refractivity contribution in [3.05, 3.63) is 23.8 Å². The van der Waals surface area contributed by atoms with E-state index in [2.05, 4.69) is 46.7 Å². The van der Waals surface area contributed by atoms with Crippen LogP contribution in [0.25, 0.3) is 0 Å². The second-order valence-electron chi connectivity index (χ2n) is 6.34. The first-order valence-corrected chi connectivity index (χ1v) is 8.20. The molecule has 1 aromatic carbocycles. The van der Waals surface area contributed by atoms with Crippen molar-refractivity contribution < 1.29 is 0 Å². The molecule has 3 aliphatic rings. The first kappa shape index (κ1) is 12.5. The van der Waals surface area contributed by atoms with Gasteiger partial charge < -0.3 is 14.7 Å². The lowest BCUT2D eigenvalue weighted by Gasteiger charge is -2.42. The summed E-state index contributed by atoms with van der Waals surface area (Å²) in [4.78, 5) is 7.90. The Bertz CT molecular complexity index is 513. The Labute approximate surface area is 122 Å². The van der Waals surface area contributed by atoms with Crippen LogP contribution in [0.4, 0.5) is 11.4 Å². The third kappa shape index (κ3) is 1.62. The lowest BCUT2D eigenvalue weighted by Crippen LogP contribution is -2.49. The molecule has 1 saturated heterocycles. The highest BCUT2D eigenvalue weighted by Crippen LogP contribution is 2.50. The zero-order chi connectivity index (χ0) is 13.7. The molecule has 0 spiro atoms. The maximum absolute atomic E-state index is 2.73. The van der Waals surface area contributed by atoms with E-state index in [0.717, 1.165) is 18.5 Å². The molecule has 3 heterocycles. The molecule has 0 amide bonds. The van der Waals surface area contributed by atoms with Crippen molar-refractivity contribution in [1.29, 1.82) is 0 Å². The monoisotopic (exact) mass is 271 g/mol. The Hall–Kier alpha value is -1.22. The molecular formula is C17H25N3. The fourth-order valence-corrected chi connectivity index (χ4v) is 4.51. The molecule has 2 atom stereocenters. The Morgan fingerprint density at radius 2 is 2.00 bits per heavy atom. The van der Waals surface area contributed by atoms with E-state index >= 15 is 0 Å². The number of hydrogen-bond donors (Lipinski definition) is 0. The van der Waals surface area contributed by atoms with Gasteiger partial charge in [-0.15, -0.1) is 0 Å². The maximum atomic E-state index is 2.73. The van der Waals surface area contributed by atoms with Crippen molar-refractivity contribution in [2.24, 2.45) is 0 Å². The highest BCUT2D eigenvalue weighted by Gasteiger charge is 2.44. The number of likely N-dealkylation sites (tertiary alicyclic amines) is 1. The number of likely N-dealkylation sites (N-methyl/N-ethyl adjacent to an activating group) is 2. The maximum Gasteiger partial charge on any atom is 0.0644 e. The molecule has 0 aromatic heterocycles. The first-order valence-electron chi connectivity index (χ1n) is 8.20. The first-order chi connectivity index (χ1) is 9.83. The fraction of sp³-hybridized carbons (Fsp3) is 0.647. The molecule has 4 rings (SSSR count). The molecule has 1 fully saturated rings. The van der Waals surface area contributed by atoms with E-state index in [4.69, 9.17) is 0 Å². The second-order valence-corrected chi connectivity index (χ2v) is 6.34. The predicted molar refractivity (Wildman–Crippen MR) is 84.9 cm³/mol. The van der Waals surface area contributed by atoms with Crippen molar-refractivity contribution in [3.63, 3.8) is 0 Å². The SMILES string of the molecule is CCN1CC[C@H]2[C@@H](C1)c1cccc3c1N2CCN3CC. The Balaban J connectivity index is 1.77. The molecule has 1 aromatic rings. The normalized spacial score (nSPS) is 28.5. The molecule has 20 heavy (non-hydrogen) atoms. The molecule has 0 N–H and O–H groups in total. The van der Waals surface area contributed by atoms with Crippen molar-refractivity contribution in [2.75, 3.05) is 49.1 Å². The molecule has 0 aliphatic carbocycles. The van der Waals surface area contributed by atoms with Gasteiger partial charge in [0.15, 0.2) is 0 Å². The van der Waals surface area contributed by atoms with Gasteiger partial charge in [0.2, 0.25) is 0 Å². The van der Waals surface area contributed by atoms with Crippen molar-refractivity contribution in [3.8, 4) is 0 Å². The summed E-state index contributed by atoms with van der Waals surface area (Å²) in [5.41, 5.74) is 4.66. The number of rotatable bonds is 2. The van der Waals surface area contributed by atoms with Crippen molar-refractivity contribution >= 4 is 11.4 Å². The summed E-state index contributed by atoms with van der Waals surface area (Å²) in [7, 11) is 0. The number of anilines is 2. The van der Waals surface area contributed by atoms with Crippen LogP contribution in [0.3, 0.4) is 0 Å². The van der Waals surface area contributed by atoms with Crippen LogP contribution in [0.2, 0.25) is 0 Å². The van der Waals surface area contributed by atoms with Crippen LogP contribution in [0.15, 0.2) is 18.2 Å². The van der Waals surface area contributed by atoms with E-state index in [9.17, 15) is 0 Å². The number of hydrogen-bond acceptors (Lipinski definition) is 3.